The van der Waals surface area contributed by atoms with E-state index >= 15 is 0 Å². The molecule has 0 saturated heterocycles. The SMILES string of the molecule is N[C@@H](CCO)c1c(C(F)(F)F)cccc1C(F)(F)F. The van der Waals surface area contributed by atoms with E-state index in [9.17, 15) is 26.3 Å². The fourth-order valence-electron chi connectivity index (χ4n) is 1.74. The second-order valence-corrected chi connectivity index (χ2v) is 3.88. The average molecular weight is 287 g/mol. The quantitative estimate of drug-likeness (QED) is 0.839. The van der Waals surface area contributed by atoms with Crippen molar-refractivity contribution < 1.29 is 31.4 Å². The zero-order valence-electron chi connectivity index (χ0n) is 9.52. The molecule has 1 aromatic rings. The molecule has 1 rings (SSSR count). The van der Waals surface area contributed by atoms with E-state index in [1.54, 1.807) is 0 Å². The Labute approximate surface area is 104 Å². The second-order valence-electron chi connectivity index (χ2n) is 3.88. The molecule has 1 aromatic carbocycles. The molecule has 0 aliphatic heterocycles. The van der Waals surface area contributed by atoms with E-state index in [2.05, 4.69) is 0 Å². The van der Waals surface area contributed by atoms with E-state index in [4.69, 9.17) is 10.8 Å². The van der Waals surface area contributed by atoms with Gasteiger partial charge < -0.3 is 10.8 Å². The lowest BCUT2D eigenvalue weighted by Crippen LogP contribution is -2.23. The standard InChI is InChI=1S/C11H11F6NO/c12-10(13,14)6-2-1-3-7(11(15,16)17)9(6)8(18)4-5-19/h1-3,8,19H,4-5,18H2/t8-/m0/s1. The molecule has 0 aliphatic rings. The van der Waals surface area contributed by atoms with Gasteiger partial charge in [0.1, 0.15) is 0 Å². The van der Waals surface area contributed by atoms with Gasteiger partial charge in [-0.1, -0.05) is 6.07 Å². The van der Waals surface area contributed by atoms with Gasteiger partial charge in [0.05, 0.1) is 11.1 Å². The summed E-state index contributed by atoms with van der Waals surface area (Å²) in [6, 6.07) is 0.226. The molecule has 108 valence electrons. The second kappa shape index (κ2) is 5.38. The number of nitrogens with two attached hydrogens (primary N) is 1. The van der Waals surface area contributed by atoms with Crippen LogP contribution in [-0.2, 0) is 12.4 Å². The first-order valence-electron chi connectivity index (χ1n) is 5.22. The number of aliphatic hydroxyl groups excluding tert-OH is 1. The number of hydrogen-bond acceptors (Lipinski definition) is 2. The third kappa shape index (κ3) is 3.60. The summed E-state index contributed by atoms with van der Waals surface area (Å²) in [6.45, 7) is -0.606. The van der Waals surface area contributed by atoms with Crippen LogP contribution >= 0.6 is 0 Å². The van der Waals surface area contributed by atoms with Gasteiger partial charge in [0.25, 0.3) is 0 Å². The number of benzene rings is 1. The minimum Gasteiger partial charge on any atom is -0.396 e. The Balaban J connectivity index is 3.50. The number of halogens is 6. The van der Waals surface area contributed by atoms with Gasteiger partial charge >= 0.3 is 12.4 Å². The highest BCUT2D eigenvalue weighted by Gasteiger charge is 2.41. The highest BCUT2D eigenvalue weighted by Crippen LogP contribution is 2.41. The van der Waals surface area contributed by atoms with Crippen molar-refractivity contribution >= 4 is 0 Å². The highest BCUT2D eigenvalue weighted by molar-refractivity contribution is 5.41. The molecule has 8 heteroatoms. The van der Waals surface area contributed by atoms with Crippen LogP contribution in [0.2, 0.25) is 0 Å². The molecule has 0 radical (unpaired) electrons. The molecule has 0 bridgehead atoms. The van der Waals surface area contributed by atoms with Crippen LogP contribution in [0.1, 0.15) is 29.2 Å². The maximum Gasteiger partial charge on any atom is 0.416 e. The Morgan fingerprint density at radius 1 is 1.00 bits per heavy atom. The third-order valence-electron chi connectivity index (χ3n) is 2.53. The largest absolute Gasteiger partial charge is 0.416 e. The molecule has 0 heterocycles. The van der Waals surface area contributed by atoms with E-state index in [0.717, 1.165) is 0 Å². The maximum absolute atomic E-state index is 12.7. The lowest BCUT2D eigenvalue weighted by molar-refractivity contribution is -0.144. The zero-order valence-corrected chi connectivity index (χ0v) is 9.52. The Morgan fingerprint density at radius 2 is 1.42 bits per heavy atom. The molecule has 0 spiro atoms. The van der Waals surface area contributed by atoms with Gasteiger partial charge in [0.2, 0.25) is 0 Å². The third-order valence-corrected chi connectivity index (χ3v) is 2.53. The first-order chi connectivity index (χ1) is 8.59. The molecule has 0 saturated carbocycles. The van der Waals surface area contributed by atoms with Crippen LogP contribution < -0.4 is 5.73 Å². The van der Waals surface area contributed by atoms with E-state index < -0.39 is 48.1 Å². The Bertz CT molecular complexity index is 408. The zero-order chi connectivity index (χ0) is 14.8. The smallest absolute Gasteiger partial charge is 0.396 e. The predicted octanol–water partition coefficient (Wildman–Crippen LogP) is 3.11. The lowest BCUT2D eigenvalue weighted by atomic mass is 9.92. The molecule has 19 heavy (non-hydrogen) atoms. The first-order valence-corrected chi connectivity index (χ1v) is 5.22. The van der Waals surface area contributed by atoms with Gasteiger partial charge in [0, 0.05) is 12.6 Å². The molecule has 0 amide bonds. The van der Waals surface area contributed by atoms with Gasteiger partial charge in [-0.2, -0.15) is 26.3 Å². The van der Waals surface area contributed by atoms with Crippen LogP contribution in [0.15, 0.2) is 18.2 Å². The van der Waals surface area contributed by atoms with Gasteiger partial charge in [-0.3, -0.25) is 0 Å². The van der Waals surface area contributed by atoms with Crippen LogP contribution in [0.3, 0.4) is 0 Å². The molecule has 2 nitrogen and oxygen atoms in total. The van der Waals surface area contributed by atoms with Crippen molar-refractivity contribution in [2.45, 2.75) is 24.8 Å². The van der Waals surface area contributed by atoms with Crippen molar-refractivity contribution in [3.05, 3.63) is 34.9 Å². The summed E-state index contributed by atoms with van der Waals surface area (Å²) < 4.78 is 76.4. The monoisotopic (exact) mass is 287 g/mol. The van der Waals surface area contributed by atoms with Crippen LogP contribution in [0.25, 0.3) is 0 Å². The highest BCUT2D eigenvalue weighted by atomic mass is 19.4. The van der Waals surface area contributed by atoms with E-state index in [1.165, 1.54) is 0 Å². The molecule has 0 aromatic heterocycles. The molecule has 0 unspecified atom stereocenters. The molecule has 3 N–H and O–H groups in total. The van der Waals surface area contributed by atoms with Crippen molar-refractivity contribution in [1.29, 1.82) is 0 Å². The number of alkyl halides is 6. The number of aliphatic hydroxyl groups is 1. The normalized spacial score (nSPS) is 14.5. The summed E-state index contributed by atoms with van der Waals surface area (Å²) in [5, 5.41) is 8.64. The lowest BCUT2D eigenvalue weighted by Gasteiger charge is -2.22. The summed E-state index contributed by atoms with van der Waals surface area (Å²) in [4.78, 5) is 0. The maximum atomic E-state index is 12.7. The summed E-state index contributed by atoms with van der Waals surface area (Å²) in [7, 11) is 0. The van der Waals surface area contributed by atoms with Crippen molar-refractivity contribution in [2.24, 2.45) is 5.73 Å². The van der Waals surface area contributed by atoms with E-state index in [-0.39, 0.29) is 0 Å². The fourth-order valence-corrected chi connectivity index (χ4v) is 1.74. The van der Waals surface area contributed by atoms with Crippen molar-refractivity contribution in [3.63, 3.8) is 0 Å². The van der Waals surface area contributed by atoms with Gasteiger partial charge in [0.15, 0.2) is 0 Å². The van der Waals surface area contributed by atoms with E-state index in [1.807, 2.05) is 0 Å². The summed E-state index contributed by atoms with van der Waals surface area (Å²) in [5.41, 5.74) is 1.45. The molecule has 0 aliphatic carbocycles. The molecule has 0 fully saturated rings. The van der Waals surface area contributed by atoms with Crippen molar-refractivity contribution in [2.75, 3.05) is 6.61 Å². The van der Waals surface area contributed by atoms with Crippen LogP contribution in [-0.4, -0.2) is 11.7 Å². The molecular weight excluding hydrogens is 276 g/mol. The minimum atomic E-state index is -4.94. The van der Waals surface area contributed by atoms with Gasteiger partial charge in [-0.05, 0) is 24.1 Å². The molecule has 1 atom stereocenters. The average Bonchev–Trinajstić information content (AvgIpc) is 2.26. The number of rotatable bonds is 3. The Hall–Kier alpha value is -1.28. The minimum absolute atomic E-state index is 0.393. The van der Waals surface area contributed by atoms with Gasteiger partial charge in [-0.25, -0.2) is 0 Å². The first kappa shape index (κ1) is 15.8. The summed E-state index contributed by atoms with van der Waals surface area (Å²) in [5.74, 6) is 0. The summed E-state index contributed by atoms with van der Waals surface area (Å²) in [6.07, 6.45) is -10.3. The van der Waals surface area contributed by atoms with Gasteiger partial charge in [-0.15, -0.1) is 0 Å². The molecular formula is C11H11F6NO. The van der Waals surface area contributed by atoms with Crippen molar-refractivity contribution in [3.8, 4) is 0 Å². The number of hydrogen-bond donors (Lipinski definition) is 2. The summed E-state index contributed by atoms with van der Waals surface area (Å²) >= 11 is 0. The fraction of sp³-hybridized carbons (Fsp3) is 0.455. The Kier molecular flexibility index (Phi) is 4.46. The van der Waals surface area contributed by atoms with E-state index in [0.29, 0.717) is 18.2 Å². The Morgan fingerprint density at radius 3 is 1.74 bits per heavy atom. The predicted molar refractivity (Wildman–Crippen MR) is 55.1 cm³/mol. The van der Waals surface area contributed by atoms with Crippen LogP contribution in [0.4, 0.5) is 26.3 Å². The van der Waals surface area contributed by atoms with Crippen LogP contribution in [0, 0.1) is 0 Å². The van der Waals surface area contributed by atoms with Crippen molar-refractivity contribution in [1.82, 2.24) is 0 Å². The topological polar surface area (TPSA) is 46.2 Å². The van der Waals surface area contributed by atoms with Crippen LogP contribution in [0.5, 0.6) is 0 Å².